The third-order valence-corrected chi connectivity index (χ3v) is 2.24. The average Bonchev–Trinajstić information content (AvgIpc) is 2.72. The Labute approximate surface area is 60.9 Å². The summed E-state index contributed by atoms with van der Waals surface area (Å²) >= 11 is 0. The minimum Gasteiger partial charge on any atom is -0.349 e. The van der Waals surface area contributed by atoms with E-state index in [4.69, 9.17) is 0 Å². The monoisotopic (exact) mass is 134 g/mol. The standard InChI is InChI=1S/C9H11N/c10-9(6-7-9)8-4-2-1-3-5-8/h1-5H,6-7,10H2/p+1. The van der Waals surface area contributed by atoms with Crippen LogP contribution in [0, 0.1) is 0 Å². The number of quaternary nitrogens is 1. The van der Waals surface area contributed by atoms with Crippen molar-refractivity contribution < 1.29 is 5.73 Å². The first-order valence-electron chi connectivity index (χ1n) is 3.72. The summed E-state index contributed by atoms with van der Waals surface area (Å²) in [6.45, 7) is 0. The van der Waals surface area contributed by atoms with Gasteiger partial charge in [-0.3, -0.25) is 0 Å². The summed E-state index contributed by atoms with van der Waals surface area (Å²) in [7, 11) is 0. The van der Waals surface area contributed by atoms with Gasteiger partial charge in [-0.15, -0.1) is 0 Å². The Kier molecular flexibility index (Phi) is 1.08. The number of rotatable bonds is 1. The maximum absolute atomic E-state index is 4.15. The van der Waals surface area contributed by atoms with Crippen molar-refractivity contribution in [3.63, 3.8) is 0 Å². The molecule has 0 aliphatic heterocycles. The first kappa shape index (κ1) is 5.93. The Morgan fingerprint density at radius 3 is 2.20 bits per heavy atom. The SMILES string of the molecule is [NH3+]C1(c2ccccc2)CC1. The third kappa shape index (κ3) is 0.830. The van der Waals surface area contributed by atoms with Gasteiger partial charge in [-0.25, -0.2) is 0 Å². The van der Waals surface area contributed by atoms with Crippen molar-refractivity contribution >= 4 is 0 Å². The van der Waals surface area contributed by atoms with Crippen molar-refractivity contribution in [2.75, 3.05) is 0 Å². The molecule has 52 valence electrons. The van der Waals surface area contributed by atoms with Gasteiger partial charge in [-0.05, 0) is 0 Å². The van der Waals surface area contributed by atoms with Gasteiger partial charge >= 0.3 is 0 Å². The van der Waals surface area contributed by atoms with Crippen LogP contribution < -0.4 is 5.73 Å². The first-order chi connectivity index (χ1) is 4.81. The predicted octanol–water partition coefficient (Wildman–Crippen LogP) is 0.918. The van der Waals surface area contributed by atoms with E-state index < -0.39 is 0 Å². The van der Waals surface area contributed by atoms with E-state index in [9.17, 15) is 0 Å². The van der Waals surface area contributed by atoms with Crippen molar-refractivity contribution in [1.29, 1.82) is 0 Å². The van der Waals surface area contributed by atoms with E-state index in [2.05, 4.69) is 36.1 Å². The van der Waals surface area contributed by atoms with Crippen LogP contribution in [0.1, 0.15) is 18.4 Å². The van der Waals surface area contributed by atoms with Crippen molar-refractivity contribution in [3.8, 4) is 0 Å². The average molecular weight is 134 g/mol. The second-order valence-electron chi connectivity index (χ2n) is 3.15. The summed E-state index contributed by atoms with van der Waals surface area (Å²) in [4.78, 5) is 0. The molecule has 10 heavy (non-hydrogen) atoms. The minimum atomic E-state index is 0.293. The number of hydrogen-bond acceptors (Lipinski definition) is 0. The molecule has 0 unspecified atom stereocenters. The van der Waals surface area contributed by atoms with Crippen molar-refractivity contribution in [1.82, 2.24) is 0 Å². The highest BCUT2D eigenvalue weighted by Crippen LogP contribution is 2.40. The molecule has 0 spiro atoms. The maximum Gasteiger partial charge on any atom is 0.121 e. The Bertz CT molecular complexity index is 224. The highest BCUT2D eigenvalue weighted by atomic mass is 14.8. The lowest BCUT2D eigenvalue weighted by atomic mass is 10.1. The van der Waals surface area contributed by atoms with Gasteiger partial charge in [0, 0.05) is 18.4 Å². The number of benzene rings is 1. The van der Waals surface area contributed by atoms with E-state index in [0.29, 0.717) is 5.54 Å². The predicted molar refractivity (Wildman–Crippen MR) is 40.2 cm³/mol. The first-order valence-corrected chi connectivity index (χ1v) is 3.72. The molecule has 0 bridgehead atoms. The molecule has 0 atom stereocenters. The van der Waals surface area contributed by atoms with Crippen LogP contribution in [-0.4, -0.2) is 0 Å². The zero-order chi connectivity index (χ0) is 7.03. The largest absolute Gasteiger partial charge is 0.349 e. The summed E-state index contributed by atoms with van der Waals surface area (Å²) in [6, 6.07) is 10.6. The summed E-state index contributed by atoms with van der Waals surface area (Å²) in [5.74, 6) is 0. The highest BCUT2D eigenvalue weighted by molar-refractivity contribution is 5.25. The Hall–Kier alpha value is -0.820. The molecule has 0 amide bonds. The zero-order valence-corrected chi connectivity index (χ0v) is 6.01. The topological polar surface area (TPSA) is 27.6 Å². The molecule has 1 nitrogen and oxygen atoms in total. The molecular formula is C9H12N+. The summed E-state index contributed by atoms with van der Waals surface area (Å²) in [5.41, 5.74) is 5.84. The van der Waals surface area contributed by atoms with E-state index in [1.54, 1.807) is 0 Å². The lowest BCUT2D eigenvalue weighted by Crippen LogP contribution is -2.61. The zero-order valence-electron chi connectivity index (χ0n) is 6.01. The Morgan fingerprint density at radius 2 is 1.70 bits per heavy atom. The van der Waals surface area contributed by atoms with E-state index in [1.165, 1.54) is 18.4 Å². The summed E-state index contributed by atoms with van der Waals surface area (Å²) in [6.07, 6.45) is 2.52. The summed E-state index contributed by atoms with van der Waals surface area (Å²) < 4.78 is 0. The van der Waals surface area contributed by atoms with E-state index in [1.807, 2.05) is 0 Å². The Balaban J connectivity index is 2.35. The van der Waals surface area contributed by atoms with Gasteiger partial charge in [-0.2, -0.15) is 0 Å². The van der Waals surface area contributed by atoms with Gasteiger partial charge in [0.15, 0.2) is 0 Å². The van der Waals surface area contributed by atoms with Crippen LogP contribution in [0.25, 0.3) is 0 Å². The van der Waals surface area contributed by atoms with E-state index in [-0.39, 0.29) is 0 Å². The van der Waals surface area contributed by atoms with Crippen molar-refractivity contribution in [2.45, 2.75) is 18.4 Å². The molecule has 1 saturated carbocycles. The van der Waals surface area contributed by atoms with Crippen LogP contribution in [0.4, 0.5) is 0 Å². The fourth-order valence-electron chi connectivity index (χ4n) is 1.23. The maximum atomic E-state index is 4.15. The van der Waals surface area contributed by atoms with Gasteiger partial charge in [-0.1, -0.05) is 30.3 Å². The van der Waals surface area contributed by atoms with Crippen molar-refractivity contribution in [2.24, 2.45) is 0 Å². The van der Waals surface area contributed by atoms with Crippen LogP contribution in [-0.2, 0) is 5.54 Å². The molecule has 1 aromatic carbocycles. The molecular weight excluding hydrogens is 122 g/mol. The van der Waals surface area contributed by atoms with E-state index in [0.717, 1.165) is 0 Å². The molecule has 0 aromatic heterocycles. The molecule has 1 aromatic rings. The lowest BCUT2D eigenvalue weighted by Gasteiger charge is -2.02. The number of hydrogen-bond donors (Lipinski definition) is 1. The van der Waals surface area contributed by atoms with Gasteiger partial charge in [0.1, 0.15) is 5.54 Å². The molecule has 1 aliphatic rings. The molecule has 3 N–H and O–H groups in total. The third-order valence-electron chi connectivity index (χ3n) is 2.24. The second kappa shape index (κ2) is 1.83. The smallest absolute Gasteiger partial charge is 0.121 e. The minimum absolute atomic E-state index is 0.293. The molecule has 0 heterocycles. The van der Waals surface area contributed by atoms with Gasteiger partial charge < -0.3 is 5.73 Å². The Morgan fingerprint density at radius 1 is 1.10 bits per heavy atom. The fourth-order valence-corrected chi connectivity index (χ4v) is 1.23. The van der Waals surface area contributed by atoms with Crippen LogP contribution in [0.5, 0.6) is 0 Å². The van der Waals surface area contributed by atoms with Crippen LogP contribution in [0.2, 0.25) is 0 Å². The van der Waals surface area contributed by atoms with Crippen LogP contribution in [0.3, 0.4) is 0 Å². The van der Waals surface area contributed by atoms with Crippen LogP contribution in [0.15, 0.2) is 30.3 Å². The highest BCUT2D eigenvalue weighted by Gasteiger charge is 2.44. The van der Waals surface area contributed by atoms with Crippen LogP contribution >= 0.6 is 0 Å². The normalized spacial score (nSPS) is 20.5. The molecule has 2 rings (SSSR count). The van der Waals surface area contributed by atoms with E-state index >= 15 is 0 Å². The fraction of sp³-hybridized carbons (Fsp3) is 0.333. The lowest BCUT2D eigenvalue weighted by molar-refractivity contribution is -0.446. The molecule has 1 aliphatic carbocycles. The summed E-state index contributed by atoms with van der Waals surface area (Å²) in [5, 5.41) is 0. The van der Waals surface area contributed by atoms with Crippen molar-refractivity contribution in [3.05, 3.63) is 35.9 Å². The van der Waals surface area contributed by atoms with Gasteiger partial charge in [0.2, 0.25) is 0 Å². The quantitative estimate of drug-likeness (QED) is 0.591. The molecule has 0 radical (unpaired) electrons. The second-order valence-corrected chi connectivity index (χ2v) is 3.15. The van der Waals surface area contributed by atoms with Gasteiger partial charge in [0.25, 0.3) is 0 Å². The molecule has 1 fully saturated rings. The molecule has 1 heteroatoms. The van der Waals surface area contributed by atoms with Gasteiger partial charge in [0.05, 0.1) is 0 Å². The molecule has 0 saturated heterocycles.